The lowest BCUT2D eigenvalue weighted by molar-refractivity contribution is 0.112. The van der Waals surface area contributed by atoms with Crippen LogP contribution in [0, 0.1) is 0 Å². The molecular formula is C24H36O3. The van der Waals surface area contributed by atoms with Crippen LogP contribution in [0.3, 0.4) is 0 Å². The van der Waals surface area contributed by atoms with Crippen LogP contribution in [0.1, 0.15) is 68.6 Å². The first-order chi connectivity index (χ1) is 13.3. The Bertz CT molecular complexity index is 544. The van der Waals surface area contributed by atoms with Gasteiger partial charge in [-0.05, 0) is 37.5 Å². The molecule has 1 aromatic rings. The second kappa shape index (κ2) is 20.2. The maximum absolute atomic E-state index is 10.8. The molecule has 1 rings (SSSR count). The van der Waals surface area contributed by atoms with Gasteiger partial charge in [0.1, 0.15) is 5.75 Å². The summed E-state index contributed by atoms with van der Waals surface area (Å²) in [6, 6.07) is 7.18. The van der Waals surface area contributed by atoms with Crippen molar-refractivity contribution in [1.82, 2.24) is 0 Å². The summed E-state index contributed by atoms with van der Waals surface area (Å²) >= 11 is 0. The van der Waals surface area contributed by atoms with E-state index in [0.29, 0.717) is 11.3 Å². The Kier molecular flexibility index (Phi) is 18.6. The third kappa shape index (κ3) is 15.8. The second-order valence-corrected chi connectivity index (χ2v) is 6.20. The second-order valence-electron chi connectivity index (χ2n) is 6.20. The Labute approximate surface area is 165 Å². The Morgan fingerprint density at radius 3 is 2.33 bits per heavy atom. The van der Waals surface area contributed by atoms with E-state index in [0.717, 1.165) is 12.7 Å². The fraction of sp³-hybridized carbons (Fsp3) is 0.458. The monoisotopic (exact) mass is 372 g/mol. The molecule has 0 heterocycles. The highest BCUT2D eigenvalue weighted by molar-refractivity contribution is 5.79. The zero-order valence-corrected chi connectivity index (χ0v) is 17.2. The van der Waals surface area contributed by atoms with Crippen LogP contribution in [0.4, 0.5) is 0 Å². The molecule has 0 aliphatic carbocycles. The summed E-state index contributed by atoms with van der Waals surface area (Å²) in [5, 5.41) is 0. The summed E-state index contributed by atoms with van der Waals surface area (Å²) in [4.78, 5) is 10.8. The van der Waals surface area contributed by atoms with Gasteiger partial charge in [-0.2, -0.15) is 0 Å². The fourth-order valence-electron chi connectivity index (χ4n) is 2.34. The molecule has 150 valence electrons. The molecule has 0 aliphatic heterocycles. The lowest BCUT2D eigenvalue weighted by Gasteiger charge is -2.01. The first-order valence-electron chi connectivity index (χ1n) is 9.87. The van der Waals surface area contributed by atoms with E-state index in [-0.39, 0.29) is 0 Å². The zero-order valence-electron chi connectivity index (χ0n) is 17.2. The molecule has 0 spiro atoms. The van der Waals surface area contributed by atoms with Gasteiger partial charge in [0.15, 0.2) is 6.29 Å². The molecule has 0 aliphatic rings. The van der Waals surface area contributed by atoms with E-state index in [1.807, 2.05) is 24.3 Å². The van der Waals surface area contributed by atoms with Crippen molar-refractivity contribution in [2.75, 3.05) is 14.2 Å². The van der Waals surface area contributed by atoms with Crippen LogP contribution in [0.15, 0.2) is 60.9 Å². The van der Waals surface area contributed by atoms with Gasteiger partial charge >= 0.3 is 0 Å². The van der Waals surface area contributed by atoms with Crippen LogP contribution in [0.25, 0.3) is 0 Å². The number of methoxy groups -OCH3 is 1. The van der Waals surface area contributed by atoms with Crippen molar-refractivity contribution in [3.63, 3.8) is 0 Å². The minimum absolute atomic E-state index is 0.559. The van der Waals surface area contributed by atoms with Gasteiger partial charge in [0.05, 0.1) is 11.8 Å². The number of carbonyl (C=O) groups excluding carboxylic acids is 1. The SMILES string of the molecule is CCCCCCCCC=CCC=CC=COc1ccccc1C=O.COC. The number of aldehydes is 1. The quantitative estimate of drug-likeness (QED) is 0.124. The van der Waals surface area contributed by atoms with Gasteiger partial charge in [-0.1, -0.05) is 75.5 Å². The van der Waals surface area contributed by atoms with Crippen LogP contribution in [0.2, 0.25) is 0 Å². The van der Waals surface area contributed by atoms with Gasteiger partial charge in [0.2, 0.25) is 0 Å². The van der Waals surface area contributed by atoms with Crippen LogP contribution in [0.5, 0.6) is 5.75 Å². The summed E-state index contributed by atoms with van der Waals surface area (Å²) in [5.41, 5.74) is 0.559. The average Bonchev–Trinajstić information content (AvgIpc) is 2.69. The van der Waals surface area contributed by atoms with Gasteiger partial charge in [0.25, 0.3) is 0 Å². The number of benzene rings is 1. The van der Waals surface area contributed by atoms with E-state index >= 15 is 0 Å². The Balaban J connectivity index is 0.00000210. The third-order valence-corrected chi connectivity index (χ3v) is 3.73. The normalized spacial score (nSPS) is 11.1. The Morgan fingerprint density at radius 1 is 0.889 bits per heavy atom. The van der Waals surface area contributed by atoms with Crippen molar-refractivity contribution in [2.45, 2.75) is 58.3 Å². The molecule has 27 heavy (non-hydrogen) atoms. The van der Waals surface area contributed by atoms with Gasteiger partial charge < -0.3 is 9.47 Å². The van der Waals surface area contributed by atoms with E-state index in [1.165, 1.54) is 44.9 Å². The molecule has 0 saturated heterocycles. The molecule has 0 saturated carbocycles. The zero-order chi connectivity index (χ0) is 20.0. The predicted octanol–water partition coefficient (Wildman–Crippen LogP) is 6.91. The topological polar surface area (TPSA) is 35.5 Å². The molecule has 0 atom stereocenters. The van der Waals surface area contributed by atoms with E-state index in [4.69, 9.17) is 4.74 Å². The van der Waals surface area contributed by atoms with Crippen molar-refractivity contribution in [2.24, 2.45) is 0 Å². The van der Waals surface area contributed by atoms with E-state index in [2.05, 4.69) is 29.9 Å². The summed E-state index contributed by atoms with van der Waals surface area (Å²) < 4.78 is 9.70. The van der Waals surface area contributed by atoms with Crippen LogP contribution >= 0.6 is 0 Å². The van der Waals surface area contributed by atoms with Gasteiger partial charge in [0, 0.05) is 14.2 Å². The first-order valence-corrected chi connectivity index (χ1v) is 9.87. The minimum atomic E-state index is 0.559. The summed E-state index contributed by atoms with van der Waals surface area (Å²) in [6.45, 7) is 2.25. The predicted molar refractivity (Wildman–Crippen MR) is 115 cm³/mol. The van der Waals surface area contributed by atoms with Gasteiger partial charge in [-0.25, -0.2) is 0 Å². The number of hydrogen-bond donors (Lipinski definition) is 0. The van der Waals surface area contributed by atoms with Crippen molar-refractivity contribution < 1.29 is 14.3 Å². The molecule has 0 aromatic heterocycles. The number of para-hydroxylation sites is 1. The summed E-state index contributed by atoms with van der Waals surface area (Å²) in [7, 11) is 3.25. The Hall–Kier alpha value is -2.13. The number of ether oxygens (including phenoxy) is 2. The lowest BCUT2D eigenvalue weighted by atomic mass is 10.1. The summed E-state index contributed by atoms with van der Waals surface area (Å²) in [5.74, 6) is 0.580. The highest BCUT2D eigenvalue weighted by atomic mass is 16.5. The minimum Gasteiger partial charge on any atom is -0.464 e. The molecule has 3 nitrogen and oxygen atoms in total. The molecule has 0 fully saturated rings. The van der Waals surface area contributed by atoms with Crippen molar-refractivity contribution in [1.29, 1.82) is 0 Å². The van der Waals surface area contributed by atoms with Crippen molar-refractivity contribution >= 4 is 6.29 Å². The number of carbonyl (C=O) groups is 1. The van der Waals surface area contributed by atoms with E-state index in [1.54, 1.807) is 32.6 Å². The highest BCUT2D eigenvalue weighted by Crippen LogP contribution is 2.15. The number of allylic oxidation sites excluding steroid dienone is 5. The van der Waals surface area contributed by atoms with E-state index in [9.17, 15) is 4.79 Å². The molecule has 0 unspecified atom stereocenters. The van der Waals surface area contributed by atoms with Gasteiger partial charge in [-0.15, -0.1) is 0 Å². The number of hydrogen-bond acceptors (Lipinski definition) is 3. The highest BCUT2D eigenvalue weighted by Gasteiger charge is 1.98. The largest absolute Gasteiger partial charge is 0.464 e. The van der Waals surface area contributed by atoms with Crippen LogP contribution in [-0.4, -0.2) is 20.5 Å². The molecular weight excluding hydrogens is 336 g/mol. The molecule has 0 radical (unpaired) electrons. The smallest absolute Gasteiger partial charge is 0.153 e. The number of unbranched alkanes of at least 4 members (excludes halogenated alkanes) is 6. The standard InChI is InChI=1S/C22H30O2.C2H6O/c1-2-3-4-5-6-7-8-9-10-11-12-13-16-19-24-22-18-15-14-17-21(22)20-23;1-3-2/h9-10,12-20H,2-8,11H2,1H3;1-2H3. The van der Waals surface area contributed by atoms with E-state index < -0.39 is 0 Å². The van der Waals surface area contributed by atoms with Crippen LogP contribution < -0.4 is 4.74 Å². The molecule has 1 aromatic carbocycles. The van der Waals surface area contributed by atoms with Gasteiger partial charge in [-0.3, -0.25) is 4.79 Å². The maximum atomic E-state index is 10.8. The molecule has 0 N–H and O–H groups in total. The molecule has 3 heteroatoms. The average molecular weight is 373 g/mol. The lowest BCUT2D eigenvalue weighted by Crippen LogP contribution is -1.88. The molecule has 0 bridgehead atoms. The van der Waals surface area contributed by atoms with Crippen LogP contribution in [-0.2, 0) is 4.74 Å². The molecule has 0 amide bonds. The first kappa shape index (κ1) is 24.9. The van der Waals surface area contributed by atoms with Crippen molar-refractivity contribution in [3.8, 4) is 5.75 Å². The third-order valence-electron chi connectivity index (χ3n) is 3.73. The summed E-state index contributed by atoms with van der Waals surface area (Å²) in [6.07, 6.45) is 23.0. The number of rotatable bonds is 13. The maximum Gasteiger partial charge on any atom is 0.153 e. The van der Waals surface area contributed by atoms with Crippen molar-refractivity contribution in [3.05, 3.63) is 66.5 Å². The Morgan fingerprint density at radius 2 is 1.59 bits per heavy atom. The fourth-order valence-corrected chi connectivity index (χ4v) is 2.34.